The quantitative estimate of drug-likeness (QED) is 0.408. The molecular formula is C23H25F3O5. The fraction of sp³-hybridized carbons (Fsp3) is 0.522. The maximum Gasteiger partial charge on any atom is 0.398 e. The molecule has 1 N–H and O–H groups in total. The van der Waals surface area contributed by atoms with Gasteiger partial charge in [-0.3, -0.25) is 0 Å². The first kappa shape index (κ1) is 23.3. The van der Waals surface area contributed by atoms with Crippen molar-refractivity contribution in [3.05, 3.63) is 47.0 Å². The summed E-state index contributed by atoms with van der Waals surface area (Å²) in [6.45, 7) is 5.72. The van der Waals surface area contributed by atoms with Crippen molar-refractivity contribution in [2.45, 2.75) is 63.9 Å². The molecule has 0 aromatic heterocycles. The zero-order valence-electron chi connectivity index (χ0n) is 18.0. The maximum atomic E-state index is 14.4. The third-order valence-electron chi connectivity index (χ3n) is 6.17. The molecule has 31 heavy (non-hydrogen) atoms. The Hall–Kier alpha value is -2.34. The SMILES string of the molecule is COC(=O)c1ccccc1C#CC1(O)C(C)=CC2(CC1(C)C(F)(F)F)OC(C)C(C)O2. The minimum Gasteiger partial charge on any atom is -0.465 e. The number of hydrogen-bond donors (Lipinski definition) is 1. The molecule has 1 spiro atoms. The predicted molar refractivity (Wildman–Crippen MR) is 106 cm³/mol. The predicted octanol–water partition coefficient (Wildman–Crippen LogP) is 3.99. The molecule has 8 heteroatoms. The van der Waals surface area contributed by atoms with Crippen molar-refractivity contribution < 1.29 is 37.3 Å². The molecule has 0 bridgehead atoms. The van der Waals surface area contributed by atoms with Crippen molar-refractivity contribution in [3.8, 4) is 11.8 Å². The van der Waals surface area contributed by atoms with Crippen LogP contribution in [0.25, 0.3) is 0 Å². The van der Waals surface area contributed by atoms with E-state index in [2.05, 4.69) is 11.8 Å². The lowest BCUT2D eigenvalue weighted by Crippen LogP contribution is -2.61. The van der Waals surface area contributed by atoms with E-state index in [1.165, 1.54) is 32.2 Å². The first-order chi connectivity index (χ1) is 14.3. The van der Waals surface area contributed by atoms with Gasteiger partial charge in [0.05, 0.1) is 24.9 Å². The lowest BCUT2D eigenvalue weighted by atomic mass is 9.62. The Bertz CT molecular complexity index is 963. The summed E-state index contributed by atoms with van der Waals surface area (Å²) in [6, 6.07) is 6.09. The number of ether oxygens (including phenoxy) is 3. The first-order valence-electron chi connectivity index (χ1n) is 9.84. The van der Waals surface area contributed by atoms with Crippen molar-refractivity contribution in [2.75, 3.05) is 7.11 Å². The van der Waals surface area contributed by atoms with Gasteiger partial charge in [0.25, 0.3) is 0 Å². The highest BCUT2D eigenvalue weighted by molar-refractivity contribution is 5.92. The summed E-state index contributed by atoms with van der Waals surface area (Å²) >= 11 is 0. The molecule has 2 aliphatic rings. The van der Waals surface area contributed by atoms with E-state index < -0.39 is 47.6 Å². The average molecular weight is 438 g/mol. The topological polar surface area (TPSA) is 65.0 Å². The van der Waals surface area contributed by atoms with Gasteiger partial charge >= 0.3 is 12.1 Å². The fourth-order valence-electron chi connectivity index (χ4n) is 4.12. The van der Waals surface area contributed by atoms with Gasteiger partial charge in [0.2, 0.25) is 0 Å². The van der Waals surface area contributed by atoms with Crippen molar-refractivity contribution in [1.29, 1.82) is 0 Å². The smallest absolute Gasteiger partial charge is 0.398 e. The highest BCUT2D eigenvalue weighted by Crippen LogP contribution is 2.58. The van der Waals surface area contributed by atoms with E-state index in [1.54, 1.807) is 26.0 Å². The van der Waals surface area contributed by atoms with Crippen molar-refractivity contribution in [3.63, 3.8) is 0 Å². The summed E-state index contributed by atoms with van der Waals surface area (Å²) in [6.07, 6.45) is -4.94. The van der Waals surface area contributed by atoms with Crippen LogP contribution in [0.5, 0.6) is 0 Å². The molecular weight excluding hydrogens is 413 g/mol. The third-order valence-corrected chi connectivity index (χ3v) is 6.17. The summed E-state index contributed by atoms with van der Waals surface area (Å²) in [4.78, 5) is 12.0. The number of esters is 1. The highest BCUT2D eigenvalue weighted by atomic mass is 19.4. The normalized spacial score (nSPS) is 35.3. The van der Waals surface area contributed by atoms with Crippen LogP contribution in [0.15, 0.2) is 35.9 Å². The van der Waals surface area contributed by atoms with Gasteiger partial charge in [-0.2, -0.15) is 13.2 Å². The fourth-order valence-corrected chi connectivity index (χ4v) is 4.12. The zero-order chi connectivity index (χ0) is 23.2. The Kier molecular flexibility index (Phi) is 5.76. The second-order valence-electron chi connectivity index (χ2n) is 8.29. The molecule has 3 rings (SSSR count). The number of rotatable bonds is 1. The number of aliphatic hydroxyl groups is 1. The van der Waals surface area contributed by atoms with Gasteiger partial charge in [0.1, 0.15) is 5.41 Å². The van der Waals surface area contributed by atoms with E-state index in [1.807, 2.05) is 0 Å². The van der Waals surface area contributed by atoms with Gasteiger partial charge in [-0.1, -0.05) is 24.0 Å². The van der Waals surface area contributed by atoms with Crippen molar-refractivity contribution in [2.24, 2.45) is 5.41 Å². The van der Waals surface area contributed by atoms with E-state index >= 15 is 0 Å². The second-order valence-corrected chi connectivity index (χ2v) is 8.29. The minimum absolute atomic E-state index is 0.0390. The van der Waals surface area contributed by atoms with E-state index in [0.29, 0.717) is 0 Å². The molecule has 1 heterocycles. The summed E-state index contributed by atoms with van der Waals surface area (Å²) in [5, 5.41) is 11.3. The number of alkyl halides is 3. The molecule has 5 nitrogen and oxygen atoms in total. The second kappa shape index (κ2) is 7.66. The monoisotopic (exact) mass is 438 g/mol. The van der Waals surface area contributed by atoms with Gasteiger partial charge in [0, 0.05) is 12.0 Å². The zero-order valence-corrected chi connectivity index (χ0v) is 18.0. The molecule has 168 valence electrons. The number of benzene rings is 1. The Morgan fingerprint density at radius 1 is 1.23 bits per heavy atom. The largest absolute Gasteiger partial charge is 0.465 e. The molecule has 1 aromatic carbocycles. The molecule has 4 unspecified atom stereocenters. The molecule has 1 aliphatic heterocycles. The van der Waals surface area contributed by atoms with Gasteiger partial charge < -0.3 is 19.3 Å². The van der Waals surface area contributed by atoms with Gasteiger partial charge in [-0.25, -0.2) is 4.79 Å². The summed E-state index contributed by atoms with van der Waals surface area (Å²) in [7, 11) is 1.19. The minimum atomic E-state index is -4.83. The molecule has 1 aliphatic carbocycles. The third kappa shape index (κ3) is 3.75. The van der Waals surface area contributed by atoms with Crippen LogP contribution in [0, 0.1) is 17.3 Å². The summed E-state index contributed by atoms with van der Waals surface area (Å²) in [5.74, 6) is 2.69. The highest BCUT2D eigenvalue weighted by Gasteiger charge is 2.69. The molecule has 1 fully saturated rings. The Morgan fingerprint density at radius 2 is 1.81 bits per heavy atom. The maximum absolute atomic E-state index is 14.4. The number of carbonyl (C=O) groups excluding carboxylic acids is 1. The summed E-state index contributed by atoms with van der Waals surface area (Å²) < 4.78 is 59.3. The van der Waals surface area contributed by atoms with E-state index in [0.717, 1.165) is 6.92 Å². The van der Waals surface area contributed by atoms with Crippen LogP contribution in [0.3, 0.4) is 0 Å². The van der Waals surface area contributed by atoms with E-state index in [4.69, 9.17) is 14.2 Å². The molecule has 0 amide bonds. The van der Waals surface area contributed by atoms with Crippen molar-refractivity contribution in [1.82, 2.24) is 0 Å². The van der Waals surface area contributed by atoms with Crippen LogP contribution in [-0.4, -0.2) is 48.0 Å². The number of methoxy groups -OCH3 is 1. The number of halogens is 3. The van der Waals surface area contributed by atoms with Crippen molar-refractivity contribution >= 4 is 5.97 Å². The standard InChI is InChI=1S/C23H25F3O5/c1-14-12-21(30-15(2)16(3)31-21)13-20(4,23(24,25)26)22(14,28)11-10-17-8-6-7-9-18(17)19(27)29-5/h6-9,12,15-16,28H,13H2,1-5H3. The average Bonchev–Trinajstić information content (AvgIpc) is 2.96. The van der Waals surface area contributed by atoms with Gasteiger partial charge in [-0.15, -0.1) is 0 Å². The molecule has 0 radical (unpaired) electrons. The van der Waals surface area contributed by atoms with Gasteiger partial charge in [0.15, 0.2) is 11.4 Å². The van der Waals surface area contributed by atoms with Crippen LogP contribution < -0.4 is 0 Å². The van der Waals surface area contributed by atoms with Crippen LogP contribution in [-0.2, 0) is 14.2 Å². The Balaban J connectivity index is 2.15. The first-order valence-corrected chi connectivity index (χ1v) is 9.84. The molecule has 1 saturated heterocycles. The van der Waals surface area contributed by atoms with E-state index in [-0.39, 0.29) is 16.7 Å². The Labute approximate surface area is 179 Å². The van der Waals surface area contributed by atoms with Gasteiger partial charge in [-0.05, 0) is 51.5 Å². The van der Waals surface area contributed by atoms with Crippen LogP contribution in [0.1, 0.15) is 50.0 Å². The Morgan fingerprint density at radius 3 is 2.35 bits per heavy atom. The van der Waals surface area contributed by atoms with E-state index in [9.17, 15) is 23.1 Å². The van der Waals surface area contributed by atoms with Crippen LogP contribution >= 0.6 is 0 Å². The lowest BCUT2D eigenvalue weighted by molar-refractivity contribution is -0.294. The van der Waals surface area contributed by atoms with Crippen LogP contribution in [0.2, 0.25) is 0 Å². The van der Waals surface area contributed by atoms with Crippen LogP contribution in [0.4, 0.5) is 13.2 Å². The summed E-state index contributed by atoms with van der Waals surface area (Å²) in [5.41, 5.74) is -5.06. The molecule has 0 saturated carbocycles. The lowest BCUT2D eigenvalue weighted by Gasteiger charge is -2.50. The number of hydrogen-bond acceptors (Lipinski definition) is 5. The number of carbonyl (C=O) groups is 1. The molecule has 1 aromatic rings. The molecule has 4 atom stereocenters.